The highest BCUT2D eigenvalue weighted by Gasteiger charge is 2.29. The van der Waals surface area contributed by atoms with E-state index in [1.54, 1.807) is 0 Å². The first-order valence-corrected chi connectivity index (χ1v) is 6.83. The molecule has 7 heteroatoms. The molecule has 1 aliphatic rings. The summed E-state index contributed by atoms with van der Waals surface area (Å²) in [5, 5.41) is 0. The van der Waals surface area contributed by atoms with Crippen LogP contribution in [0.3, 0.4) is 0 Å². The molecule has 5 nitrogen and oxygen atoms in total. The van der Waals surface area contributed by atoms with Crippen LogP contribution in [0.1, 0.15) is 12.8 Å². The van der Waals surface area contributed by atoms with E-state index in [1.165, 1.54) is 0 Å². The number of rotatable bonds is 5. The van der Waals surface area contributed by atoms with Gasteiger partial charge >= 0.3 is 0 Å². The first-order chi connectivity index (χ1) is 7.99. The molecule has 1 saturated carbocycles. The van der Waals surface area contributed by atoms with Crippen LogP contribution in [-0.4, -0.2) is 26.0 Å². The van der Waals surface area contributed by atoms with E-state index in [0.29, 0.717) is 5.92 Å². The molecule has 1 aliphatic carbocycles. The van der Waals surface area contributed by atoms with Crippen molar-refractivity contribution in [1.29, 1.82) is 0 Å². The number of pyridine rings is 1. The van der Waals surface area contributed by atoms with Crippen molar-refractivity contribution in [3.63, 3.8) is 0 Å². The summed E-state index contributed by atoms with van der Waals surface area (Å²) < 4.78 is 38.7. The molecule has 1 fully saturated rings. The minimum absolute atomic E-state index is 0.170. The van der Waals surface area contributed by atoms with Gasteiger partial charge in [0.25, 0.3) is 0 Å². The fourth-order valence-corrected chi connectivity index (χ4v) is 2.57. The molecule has 0 saturated heterocycles. The summed E-state index contributed by atoms with van der Waals surface area (Å²) in [6.07, 6.45) is 4.15. The average Bonchev–Trinajstić information content (AvgIpc) is 3.10. The average molecular weight is 259 g/mol. The Labute approximate surface area is 99.3 Å². The Hall–Kier alpha value is -1.05. The van der Waals surface area contributed by atoms with Gasteiger partial charge < -0.3 is 5.73 Å². The highest BCUT2D eigenvalue weighted by atomic mass is 32.2. The number of sulfonamides is 1. The second kappa shape index (κ2) is 4.67. The molecule has 1 aromatic rings. The van der Waals surface area contributed by atoms with Crippen molar-refractivity contribution in [2.24, 2.45) is 11.7 Å². The Morgan fingerprint density at radius 2 is 2.24 bits per heavy atom. The Balaban J connectivity index is 2.03. The molecule has 0 amide bonds. The van der Waals surface area contributed by atoms with Gasteiger partial charge in [0.05, 0.1) is 6.20 Å². The van der Waals surface area contributed by atoms with E-state index in [2.05, 4.69) is 9.71 Å². The molecule has 1 unspecified atom stereocenters. The second-order valence-electron chi connectivity index (χ2n) is 4.19. The summed E-state index contributed by atoms with van der Waals surface area (Å²) >= 11 is 0. The van der Waals surface area contributed by atoms with Crippen molar-refractivity contribution in [1.82, 2.24) is 9.71 Å². The zero-order valence-corrected chi connectivity index (χ0v) is 9.95. The van der Waals surface area contributed by atoms with Gasteiger partial charge in [-0.25, -0.2) is 17.5 Å². The maximum atomic E-state index is 12.9. The molecular weight excluding hydrogens is 245 g/mol. The van der Waals surface area contributed by atoms with Gasteiger partial charge in [-0.1, -0.05) is 0 Å². The number of nitrogens with one attached hydrogen (secondary N) is 1. The van der Waals surface area contributed by atoms with E-state index in [9.17, 15) is 12.8 Å². The van der Waals surface area contributed by atoms with Gasteiger partial charge in [0, 0.05) is 18.8 Å². The zero-order chi connectivity index (χ0) is 12.5. The third-order valence-corrected chi connectivity index (χ3v) is 4.12. The molecule has 0 aromatic carbocycles. The van der Waals surface area contributed by atoms with Gasteiger partial charge in [-0.15, -0.1) is 0 Å². The van der Waals surface area contributed by atoms with Crippen molar-refractivity contribution in [2.45, 2.75) is 23.8 Å². The van der Waals surface area contributed by atoms with Crippen molar-refractivity contribution < 1.29 is 12.8 Å². The van der Waals surface area contributed by atoms with E-state index in [-0.39, 0.29) is 17.5 Å². The van der Waals surface area contributed by atoms with Crippen LogP contribution in [0.5, 0.6) is 0 Å². The standard InChI is InChI=1S/C10H14FN3O2S/c11-8-3-9(5-13-4-8)17(15,16)14-6-10(12)7-1-2-7/h3-5,7,10,14H,1-2,6,12H2. The highest BCUT2D eigenvalue weighted by molar-refractivity contribution is 7.89. The molecule has 3 N–H and O–H groups in total. The van der Waals surface area contributed by atoms with E-state index < -0.39 is 15.8 Å². The maximum absolute atomic E-state index is 12.9. The molecule has 2 rings (SSSR count). The first-order valence-electron chi connectivity index (χ1n) is 5.35. The summed E-state index contributed by atoms with van der Waals surface area (Å²) in [4.78, 5) is 3.32. The molecule has 1 atom stereocenters. The van der Waals surface area contributed by atoms with Crippen LogP contribution in [0.25, 0.3) is 0 Å². The van der Waals surface area contributed by atoms with Crippen LogP contribution < -0.4 is 10.5 Å². The summed E-state index contributed by atoms with van der Waals surface area (Å²) in [7, 11) is -3.72. The molecule has 0 aliphatic heterocycles. The SMILES string of the molecule is NC(CNS(=O)(=O)c1cncc(F)c1)C1CC1. The number of halogens is 1. The minimum atomic E-state index is -3.72. The van der Waals surface area contributed by atoms with Gasteiger partial charge in [-0.3, -0.25) is 4.98 Å². The lowest BCUT2D eigenvalue weighted by atomic mass is 10.2. The molecule has 0 bridgehead atoms. The Morgan fingerprint density at radius 3 is 2.82 bits per heavy atom. The Kier molecular flexibility index (Phi) is 3.41. The maximum Gasteiger partial charge on any atom is 0.242 e. The molecule has 1 aromatic heterocycles. The molecule has 0 radical (unpaired) electrons. The fraction of sp³-hybridized carbons (Fsp3) is 0.500. The smallest absolute Gasteiger partial charge is 0.242 e. The molecular formula is C10H14FN3O2S. The zero-order valence-electron chi connectivity index (χ0n) is 9.14. The predicted octanol–water partition coefficient (Wildman–Crippen LogP) is 0.236. The third-order valence-electron chi connectivity index (χ3n) is 2.73. The lowest BCUT2D eigenvalue weighted by Gasteiger charge is -2.11. The van der Waals surface area contributed by atoms with Crippen LogP contribution in [0.15, 0.2) is 23.4 Å². The Bertz CT molecular complexity index is 502. The van der Waals surface area contributed by atoms with Crippen LogP contribution >= 0.6 is 0 Å². The number of hydrogen-bond acceptors (Lipinski definition) is 4. The largest absolute Gasteiger partial charge is 0.326 e. The normalized spacial score (nSPS) is 18.0. The summed E-state index contributed by atoms with van der Waals surface area (Å²) in [5.74, 6) is -0.275. The van der Waals surface area contributed by atoms with Crippen LogP contribution in [0, 0.1) is 11.7 Å². The quantitative estimate of drug-likeness (QED) is 0.793. The van der Waals surface area contributed by atoms with Gasteiger partial charge in [-0.2, -0.15) is 0 Å². The summed E-state index contributed by atoms with van der Waals surface area (Å²) in [6, 6.07) is 0.754. The van der Waals surface area contributed by atoms with Crippen LogP contribution in [0.4, 0.5) is 4.39 Å². The van der Waals surface area contributed by atoms with E-state index >= 15 is 0 Å². The van der Waals surface area contributed by atoms with Gasteiger partial charge in [0.1, 0.15) is 10.7 Å². The van der Waals surface area contributed by atoms with E-state index in [1.807, 2.05) is 0 Å². The molecule has 1 heterocycles. The van der Waals surface area contributed by atoms with Crippen LogP contribution in [-0.2, 0) is 10.0 Å². The van der Waals surface area contributed by atoms with Gasteiger partial charge in [0.15, 0.2) is 0 Å². The second-order valence-corrected chi connectivity index (χ2v) is 5.96. The number of nitrogens with two attached hydrogens (primary N) is 1. The predicted molar refractivity (Wildman–Crippen MR) is 60.1 cm³/mol. The van der Waals surface area contributed by atoms with Crippen molar-refractivity contribution in [2.75, 3.05) is 6.54 Å². The Morgan fingerprint density at radius 1 is 1.53 bits per heavy atom. The lowest BCUT2D eigenvalue weighted by molar-refractivity contribution is 0.545. The third kappa shape index (κ3) is 3.21. The van der Waals surface area contributed by atoms with E-state index in [4.69, 9.17) is 5.73 Å². The van der Waals surface area contributed by atoms with Crippen molar-refractivity contribution in [3.8, 4) is 0 Å². The van der Waals surface area contributed by atoms with Gasteiger partial charge in [0.2, 0.25) is 10.0 Å². The van der Waals surface area contributed by atoms with Crippen LogP contribution in [0.2, 0.25) is 0 Å². The van der Waals surface area contributed by atoms with Gasteiger partial charge in [-0.05, 0) is 24.8 Å². The topological polar surface area (TPSA) is 85.1 Å². The van der Waals surface area contributed by atoms with E-state index in [0.717, 1.165) is 31.3 Å². The number of hydrogen-bond donors (Lipinski definition) is 2. The molecule has 94 valence electrons. The lowest BCUT2D eigenvalue weighted by Crippen LogP contribution is -2.38. The van der Waals surface area contributed by atoms with Crippen molar-refractivity contribution in [3.05, 3.63) is 24.3 Å². The first kappa shape index (κ1) is 12.4. The number of nitrogens with zero attached hydrogens (tertiary/aromatic N) is 1. The number of aromatic nitrogens is 1. The highest BCUT2D eigenvalue weighted by Crippen LogP contribution is 2.31. The van der Waals surface area contributed by atoms with Crippen molar-refractivity contribution >= 4 is 10.0 Å². The molecule has 17 heavy (non-hydrogen) atoms. The monoisotopic (exact) mass is 259 g/mol. The fourth-order valence-electron chi connectivity index (χ4n) is 1.52. The minimum Gasteiger partial charge on any atom is -0.326 e. The molecule has 0 spiro atoms. The summed E-state index contributed by atoms with van der Waals surface area (Å²) in [6.45, 7) is 0.170. The summed E-state index contributed by atoms with van der Waals surface area (Å²) in [5.41, 5.74) is 5.78.